The van der Waals surface area contributed by atoms with Crippen molar-refractivity contribution >= 4 is 28.8 Å². The molecule has 4 aromatic rings. The number of imide groups is 1. The van der Waals surface area contributed by atoms with Crippen molar-refractivity contribution in [1.29, 1.82) is 0 Å². The quantitative estimate of drug-likeness (QED) is 0.283. The van der Waals surface area contributed by atoms with Gasteiger partial charge in [-0.05, 0) is 47.7 Å². The average molecular weight is 496 g/mol. The second-order valence-electron chi connectivity index (χ2n) is 10.1. The number of carbonyl (C=O) groups excluding carboxylic acids is 3. The standard InChI is InChI=1S/C30H25NO6/c1-17-9-14-22-23(15-17)36-26(18-10-12-19(13-11-18)30(2,3)4)27(25(22)33)37-24(32)16-31-28(34)20-7-5-6-8-21(20)29(31)35/h5-15H,16H2,1-4H3. The van der Waals surface area contributed by atoms with E-state index in [0.717, 1.165) is 16.0 Å². The monoisotopic (exact) mass is 495 g/mol. The Morgan fingerprint density at radius 3 is 2.11 bits per heavy atom. The van der Waals surface area contributed by atoms with E-state index in [1.165, 1.54) is 12.1 Å². The topological polar surface area (TPSA) is 93.9 Å². The van der Waals surface area contributed by atoms with E-state index < -0.39 is 29.8 Å². The molecule has 1 aliphatic rings. The first-order valence-electron chi connectivity index (χ1n) is 11.9. The first-order valence-corrected chi connectivity index (χ1v) is 11.9. The van der Waals surface area contributed by atoms with Crippen LogP contribution in [0.3, 0.4) is 0 Å². The Balaban J connectivity index is 1.53. The third-order valence-electron chi connectivity index (χ3n) is 6.40. The molecule has 0 aliphatic carbocycles. The van der Waals surface area contributed by atoms with Gasteiger partial charge in [0, 0.05) is 5.56 Å². The zero-order valence-electron chi connectivity index (χ0n) is 21.0. The van der Waals surface area contributed by atoms with Gasteiger partial charge in [0.15, 0.2) is 5.76 Å². The van der Waals surface area contributed by atoms with E-state index in [0.29, 0.717) is 11.1 Å². The van der Waals surface area contributed by atoms with E-state index in [2.05, 4.69) is 20.8 Å². The van der Waals surface area contributed by atoms with Gasteiger partial charge in [-0.25, -0.2) is 4.79 Å². The highest BCUT2D eigenvalue weighted by atomic mass is 16.5. The summed E-state index contributed by atoms with van der Waals surface area (Å²) >= 11 is 0. The normalized spacial score (nSPS) is 13.2. The minimum Gasteiger partial charge on any atom is -0.452 e. The zero-order chi connectivity index (χ0) is 26.5. The fraction of sp³-hybridized carbons (Fsp3) is 0.200. The lowest BCUT2D eigenvalue weighted by Crippen LogP contribution is -2.37. The zero-order valence-corrected chi connectivity index (χ0v) is 21.0. The first-order chi connectivity index (χ1) is 17.5. The number of fused-ring (bicyclic) bond motifs is 2. The highest BCUT2D eigenvalue weighted by molar-refractivity contribution is 6.22. The predicted molar refractivity (Wildman–Crippen MR) is 139 cm³/mol. The molecule has 7 heteroatoms. The fourth-order valence-corrected chi connectivity index (χ4v) is 4.35. The molecule has 0 saturated carbocycles. The van der Waals surface area contributed by atoms with Crippen molar-refractivity contribution in [3.05, 3.63) is 99.2 Å². The molecule has 0 N–H and O–H groups in total. The van der Waals surface area contributed by atoms with Crippen molar-refractivity contribution in [3.63, 3.8) is 0 Å². The Morgan fingerprint density at radius 1 is 0.892 bits per heavy atom. The minimum absolute atomic E-state index is 0.0818. The second kappa shape index (κ2) is 8.85. The van der Waals surface area contributed by atoms with Crippen LogP contribution in [0.15, 0.2) is 75.9 Å². The number of esters is 1. The third kappa shape index (κ3) is 4.33. The second-order valence-corrected chi connectivity index (χ2v) is 10.1. The lowest BCUT2D eigenvalue weighted by Gasteiger charge is -2.19. The van der Waals surface area contributed by atoms with Crippen LogP contribution in [0.5, 0.6) is 5.75 Å². The van der Waals surface area contributed by atoms with E-state index in [1.807, 2.05) is 31.2 Å². The molecule has 3 aromatic carbocycles. The molecule has 37 heavy (non-hydrogen) atoms. The van der Waals surface area contributed by atoms with Crippen LogP contribution in [0, 0.1) is 6.92 Å². The largest absolute Gasteiger partial charge is 0.452 e. The van der Waals surface area contributed by atoms with Gasteiger partial charge in [-0.15, -0.1) is 0 Å². The van der Waals surface area contributed by atoms with Gasteiger partial charge in [0.05, 0.1) is 16.5 Å². The van der Waals surface area contributed by atoms with Gasteiger partial charge in [0.1, 0.15) is 12.1 Å². The van der Waals surface area contributed by atoms with Crippen molar-refractivity contribution in [2.45, 2.75) is 33.1 Å². The number of ether oxygens (including phenoxy) is 1. The van der Waals surface area contributed by atoms with Crippen LogP contribution < -0.4 is 10.2 Å². The molecule has 0 spiro atoms. The molecule has 0 bridgehead atoms. The van der Waals surface area contributed by atoms with Crippen molar-refractivity contribution < 1.29 is 23.5 Å². The van der Waals surface area contributed by atoms with E-state index in [1.54, 1.807) is 30.3 Å². The number of rotatable bonds is 4. The van der Waals surface area contributed by atoms with Crippen molar-refractivity contribution in [3.8, 4) is 17.1 Å². The SMILES string of the molecule is Cc1ccc2c(=O)c(OC(=O)CN3C(=O)c4ccccc4C3=O)c(-c3ccc(C(C)(C)C)cc3)oc2c1. The number of hydrogen-bond donors (Lipinski definition) is 0. The lowest BCUT2D eigenvalue weighted by molar-refractivity contribution is -0.134. The molecule has 186 valence electrons. The molecule has 0 fully saturated rings. The summed E-state index contributed by atoms with van der Waals surface area (Å²) in [5.41, 5.74) is 2.74. The van der Waals surface area contributed by atoms with Crippen LogP contribution in [-0.4, -0.2) is 29.2 Å². The maximum absolute atomic E-state index is 13.5. The minimum atomic E-state index is -0.930. The predicted octanol–water partition coefficient (Wildman–Crippen LogP) is 5.27. The summed E-state index contributed by atoms with van der Waals surface area (Å²) in [5.74, 6) is -2.30. The molecule has 7 nitrogen and oxygen atoms in total. The molecule has 2 amide bonds. The Labute approximate surface area is 213 Å². The maximum atomic E-state index is 13.5. The van der Waals surface area contributed by atoms with E-state index in [9.17, 15) is 19.2 Å². The third-order valence-corrected chi connectivity index (χ3v) is 6.40. The lowest BCUT2D eigenvalue weighted by atomic mass is 9.86. The van der Waals surface area contributed by atoms with E-state index >= 15 is 0 Å². The molecule has 2 heterocycles. The average Bonchev–Trinajstić information content (AvgIpc) is 3.10. The molecule has 1 aromatic heterocycles. The summed E-state index contributed by atoms with van der Waals surface area (Å²) in [4.78, 5) is 52.6. The molecule has 0 unspecified atom stereocenters. The van der Waals surface area contributed by atoms with Crippen molar-refractivity contribution in [1.82, 2.24) is 4.90 Å². The fourth-order valence-electron chi connectivity index (χ4n) is 4.35. The highest BCUT2D eigenvalue weighted by Gasteiger charge is 2.37. The molecular formula is C30H25NO6. The highest BCUT2D eigenvalue weighted by Crippen LogP contribution is 2.33. The van der Waals surface area contributed by atoms with Gasteiger partial charge in [0.2, 0.25) is 11.2 Å². The molecule has 0 atom stereocenters. The Kier molecular flexibility index (Phi) is 5.79. The molecule has 1 aliphatic heterocycles. The van der Waals surface area contributed by atoms with Gasteiger partial charge in [-0.2, -0.15) is 0 Å². The van der Waals surface area contributed by atoms with Gasteiger partial charge >= 0.3 is 5.97 Å². The van der Waals surface area contributed by atoms with Crippen LogP contribution in [0.1, 0.15) is 52.6 Å². The van der Waals surface area contributed by atoms with Crippen LogP contribution >= 0.6 is 0 Å². The number of nitrogens with zero attached hydrogens (tertiary/aromatic N) is 1. The van der Waals surface area contributed by atoms with Crippen molar-refractivity contribution in [2.75, 3.05) is 6.54 Å². The van der Waals surface area contributed by atoms with E-state index in [-0.39, 0.29) is 33.4 Å². The Morgan fingerprint density at radius 2 is 1.51 bits per heavy atom. The number of amides is 2. The number of benzene rings is 3. The van der Waals surface area contributed by atoms with Gasteiger partial charge in [-0.1, -0.05) is 63.2 Å². The first kappa shape index (κ1) is 24.2. The Hall–Kier alpha value is -4.52. The summed E-state index contributed by atoms with van der Waals surface area (Å²) in [7, 11) is 0. The number of carbonyl (C=O) groups is 3. The van der Waals surface area contributed by atoms with Crippen LogP contribution in [0.4, 0.5) is 0 Å². The van der Waals surface area contributed by atoms with Crippen LogP contribution in [-0.2, 0) is 10.2 Å². The van der Waals surface area contributed by atoms with Crippen LogP contribution in [0.25, 0.3) is 22.3 Å². The smallest absolute Gasteiger partial charge is 0.331 e. The summed E-state index contributed by atoms with van der Waals surface area (Å²) < 4.78 is 11.6. The maximum Gasteiger partial charge on any atom is 0.331 e. The summed E-state index contributed by atoms with van der Waals surface area (Å²) in [6, 6.07) is 18.9. The number of hydrogen-bond acceptors (Lipinski definition) is 6. The van der Waals surface area contributed by atoms with E-state index in [4.69, 9.17) is 9.15 Å². The summed E-state index contributed by atoms with van der Waals surface area (Å²) in [5, 5.41) is 0.254. The summed E-state index contributed by atoms with van der Waals surface area (Å²) in [6.45, 7) is 7.52. The number of aryl methyl sites for hydroxylation is 1. The molecular weight excluding hydrogens is 470 g/mol. The molecule has 0 radical (unpaired) electrons. The molecule has 0 saturated heterocycles. The molecule has 5 rings (SSSR count). The summed E-state index contributed by atoms with van der Waals surface area (Å²) in [6.07, 6.45) is 0. The van der Waals surface area contributed by atoms with Gasteiger partial charge in [0.25, 0.3) is 11.8 Å². The Bertz CT molecular complexity index is 1600. The van der Waals surface area contributed by atoms with Gasteiger partial charge in [-0.3, -0.25) is 19.3 Å². The van der Waals surface area contributed by atoms with Crippen molar-refractivity contribution in [2.24, 2.45) is 0 Å². The van der Waals surface area contributed by atoms with Crippen LogP contribution in [0.2, 0.25) is 0 Å². The van der Waals surface area contributed by atoms with Gasteiger partial charge < -0.3 is 9.15 Å².